The van der Waals surface area contributed by atoms with Crippen LogP contribution in [-0.4, -0.2) is 53.5 Å². The molecule has 1 amide bonds. The fourth-order valence-electron chi connectivity index (χ4n) is 3.68. The minimum Gasteiger partial charge on any atom is -0.445 e. The molecule has 2 heterocycles. The molecule has 0 radical (unpaired) electrons. The largest absolute Gasteiger partial charge is 0.485 e. The zero-order valence-corrected chi connectivity index (χ0v) is 18.0. The van der Waals surface area contributed by atoms with Crippen LogP contribution in [-0.2, 0) is 25.4 Å². The molecule has 0 N–H and O–H groups in total. The van der Waals surface area contributed by atoms with Crippen LogP contribution in [0.15, 0.2) is 30.3 Å². The number of rotatable bonds is 5. The highest BCUT2D eigenvalue weighted by Crippen LogP contribution is 2.43. The summed E-state index contributed by atoms with van der Waals surface area (Å²) in [6.45, 7) is 14.2. The third kappa shape index (κ3) is 3.93. The quantitative estimate of drug-likeness (QED) is 0.717. The van der Waals surface area contributed by atoms with Gasteiger partial charge in [0.1, 0.15) is 6.61 Å². The molecule has 3 rings (SSSR count). The Morgan fingerprint density at radius 1 is 1.14 bits per heavy atom. The summed E-state index contributed by atoms with van der Waals surface area (Å²) in [5, 5.41) is 0. The van der Waals surface area contributed by atoms with Crippen LogP contribution in [0.3, 0.4) is 0 Å². The summed E-state index contributed by atoms with van der Waals surface area (Å²) in [7, 11) is -0.561. The summed E-state index contributed by atoms with van der Waals surface area (Å²) in [6.07, 6.45) is -0.501. The van der Waals surface area contributed by atoms with Crippen LogP contribution in [0.25, 0.3) is 0 Å². The average Bonchev–Trinajstić information content (AvgIpc) is 2.82. The minimum atomic E-state index is -0.561. The van der Waals surface area contributed by atoms with Gasteiger partial charge >= 0.3 is 13.2 Å². The van der Waals surface area contributed by atoms with E-state index in [2.05, 4.69) is 0 Å². The van der Waals surface area contributed by atoms with Gasteiger partial charge in [0.2, 0.25) is 0 Å². The molecule has 3 unspecified atom stereocenters. The molecule has 0 bridgehead atoms. The highest BCUT2D eigenvalue weighted by molar-refractivity contribution is 6.48. The van der Waals surface area contributed by atoms with E-state index in [0.717, 1.165) is 5.56 Å². The first-order chi connectivity index (χ1) is 13.0. The van der Waals surface area contributed by atoms with Gasteiger partial charge in [0.05, 0.1) is 35.4 Å². The molecule has 2 saturated heterocycles. The Balaban J connectivity index is 1.74. The van der Waals surface area contributed by atoms with E-state index in [1.54, 1.807) is 4.90 Å². The topological polar surface area (TPSA) is 57.2 Å². The number of benzene rings is 1. The van der Waals surface area contributed by atoms with Gasteiger partial charge in [0.15, 0.2) is 0 Å². The Hall–Kier alpha value is -1.57. The molecule has 28 heavy (non-hydrogen) atoms. The lowest BCUT2D eigenvalue weighted by Crippen LogP contribution is -2.74. The number of nitrogens with zero attached hydrogens (tertiary/aromatic N) is 1. The number of ether oxygens (including phenoxy) is 2. The summed E-state index contributed by atoms with van der Waals surface area (Å²) in [6, 6.07) is 9.54. The number of amides is 1. The van der Waals surface area contributed by atoms with Gasteiger partial charge in [-0.1, -0.05) is 30.3 Å². The Morgan fingerprint density at radius 3 is 2.25 bits per heavy atom. The van der Waals surface area contributed by atoms with Crippen LogP contribution < -0.4 is 0 Å². The molecule has 154 valence electrons. The number of hydrogen-bond donors (Lipinski definition) is 0. The summed E-state index contributed by atoms with van der Waals surface area (Å²) in [5.74, 6) is -0.346. The van der Waals surface area contributed by atoms with Crippen molar-refractivity contribution >= 4 is 13.2 Å². The Labute approximate surface area is 168 Å². The first kappa shape index (κ1) is 21.2. The molecule has 3 atom stereocenters. The SMILES string of the molecule is CC(C)OC1C(C)N(C(=O)OCc2ccccc2)C1B1OC(C)(C)C(C)(C)O1. The van der Waals surface area contributed by atoms with Crippen LogP contribution in [0.4, 0.5) is 4.79 Å². The third-order valence-electron chi connectivity index (χ3n) is 5.97. The molecule has 2 aliphatic heterocycles. The predicted molar refractivity (Wildman–Crippen MR) is 108 cm³/mol. The molecule has 0 saturated carbocycles. The highest BCUT2D eigenvalue weighted by Gasteiger charge is 2.64. The lowest BCUT2D eigenvalue weighted by molar-refractivity contribution is -0.134. The number of hydrogen-bond acceptors (Lipinski definition) is 5. The van der Waals surface area contributed by atoms with Gasteiger partial charge in [-0.2, -0.15) is 0 Å². The lowest BCUT2D eigenvalue weighted by atomic mass is 9.66. The van der Waals surface area contributed by atoms with Crippen molar-refractivity contribution in [2.45, 2.75) is 90.5 Å². The lowest BCUT2D eigenvalue weighted by Gasteiger charge is -2.53. The van der Waals surface area contributed by atoms with Crippen LogP contribution in [0, 0.1) is 0 Å². The second-order valence-electron chi connectivity index (χ2n) is 8.95. The fourth-order valence-corrected chi connectivity index (χ4v) is 3.68. The number of likely N-dealkylation sites (tertiary alicyclic amines) is 1. The van der Waals surface area contributed by atoms with E-state index in [9.17, 15) is 4.79 Å². The third-order valence-corrected chi connectivity index (χ3v) is 5.97. The summed E-state index contributed by atoms with van der Waals surface area (Å²) >= 11 is 0. The molecular formula is C21H32BNO5. The molecule has 0 aromatic heterocycles. The van der Waals surface area contributed by atoms with Gasteiger partial charge in [-0.3, -0.25) is 4.90 Å². The van der Waals surface area contributed by atoms with Crippen LogP contribution >= 0.6 is 0 Å². The fraction of sp³-hybridized carbons (Fsp3) is 0.667. The first-order valence-corrected chi connectivity index (χ1v) is 10.0. The van der Waals surface area contributed by atoms with Gasteiger partial charge in [-0.05, 0) is 54.0 Å². The normalized spacial score (nSPS) is 28.4. The van der Waals surface area contributed by atoms with Crippen LogP contribution in [0.5, 0.6) is 0 Å². The zero-order valence-electron chi connectivity index (χ0n) is 18.0. The maximum Gasteiger partial charge on any atom is 0.485 e. The van der Waals surface area contributed by atoms with E-state index in [-0.39, 0.29) is 36.9 Å². The van der Waals surface area contributed by atoms with E-state index < -0.39 is 18.3 Å². The molecule has 0 spiro atoms. The molecule has 6 nitrogen and oxygen atoms in total. The number of carbonyl (C=O) groups excluding carboxylic acids is 1. The molecule has 1 aromatic carbocycles. The maximum atomic E-state index is 12.9. The highest BCUT2D eigenvalue weighted by atomic mass is 16.7. The van der Waals surface area contributed by atoms with Crippen molar-refractivity contribution in [1.82, 2.24) is 4.90 Å². The van der Waals surface area contributed by atoms with Gasteiger partial charge in [-0.15, -0.1) is 0 Å². The van der Waals surface area contributed by atoms with Gasteiger partial charge < -0.3 is 18.8 Å². The smallest absolute Gasteiger partial charge is 0.445 e. The van der Waals surface area contributed by atoms with E-state index in [4.69, 9.17) is 18.8 Å². The van der Waals surface area contributed by atoms with Gasteiger partial charge in [-0.25, -0.2) is 4.79 Å². The first-order valence-electron chi connectivity index (χ1n) is 10.0. The maximum absolute atomic E-state index is 12.9. The average molecular weight is 389 g/mol. The second-order valence-corrected chi connectivity index (χ2v) is 8.95. The van der Waals surface area contributed by atoms with Crippen molar-refractivity contribution in [2.24, 2.45) is 0 Å². The van der Waals surface area contributed by atoms with Crippen molar-refractivity contribution in [1.29, 1.82) is 0 Å². The van der Waals surface area contributed by atoms with Gasteiger partial charge in [0, 0.05) is 0 Å². The molecule has 7 heteroatoms. The van der Waals surface area contributed by atoms with Gasteiger partial charge in [0.25, 0.3) is 0 Å². The molecule has 2 fully saturated rings. The van der Waals surface area contributed by atoms with Crippen LogP contribution in [0.2, 0.25) is 0 Å². The van der Waals surface area contributed by atoms with Crippen molar-refractivity contribution < 1.29 is 23.6 Å². The Morgan fingerprint density at radius 2 is 1.71 bits per heavy atom. The van der Waals surface area contributed by atoms with Crippen molar-refractivity contribution in [3.05, 3.63) is 35.9 Å². The summed E-state index contributed by atoms with van der Waals surface area (Å²) in [5.41, 5.74) is 0.00273. The van der Waals surface area contributed by atoms with Crippen molar-refractivity contribution in [3.8, 4) is 0 Å². The number of carbonyl (C=O) groups is 1. The van der Waals surface area contributed by atoms with E-state index in [1.165, 1.54) is 0 Å². The summed E-state index contributed by atoms with van der Waals surface area (Å²) < 4.78 is 24.1. The second kappa shape index (κ2) is 7.69. The molecular weight excluding hydrogens is 357 g/mol. The van der Waals surface area contributed by atoms with E-state index >= 15 is 0 Å². The zero-order chi connectivity index (χ0) is 20.7. The van der Waals surface area contributed by atoms with Crippen LogP contribution in [0.1, 0.15) is 54.0 Å². The standard InChI is InChI=1S/C21H32BNO5/c1-14(2)26-17-15(3)23(19(24)25-13-16-11-9-8-10-12-16)18(17)22-27-20(4,5)21(6,7)28-22/h8-12,14-15,17-18H,13H2,1-7H3. The Kier molecular flexibility index (Phi) is 5.81. The van der Waals surface area contributed by atoms with E-state index in [0.29, 0.717) is 0 Å². The molecule has 2 aliphatic rings. The monoisotopic (exact) mass is 389 g/mol. The van der Waals surface area contributed by atoms with E-state index in [1.807, 2.05) is 78.8 Å². The van der Waals surface area contributed by atoms with Crippen molar-refractivity contribution in [3.63, 3.8) is 0 Å². The summed E-state index contributed by atoms with van der Waals surface area (Å²) in [4.78, 5) is 14.6. The minimum absolute atomic E-state index is 0.0415. The predicted octanol–water partition coefficient (Wildman–Crippen LogP) is 3.82. The molecule has 1 aromatic rings. The molecule has 0 aliphatic carbocycles. The van der Waals surface area contributed by atoms with Crippen molar-refractivity contribution in [2.75, 3.05) is 0 Å². The Bertz CT molecular complexity index is 677.